The molecule has 2 saturated carbocycles. The summed E-state index contributed by atoms with van der Waals surface area (Å²) in [6.07, 6.45) is 14.7. The maximum absolute atomic E-state index is 5.95. The first-order valence-corrected chi connectivity index (χ1v) is 7.99. The van der Waals surface area contributed by atoms with Crippen molar-refractivity contribution in [1.82, 2.24) is 0 Å². The second-order valence-corrected chi connectivity index (χ2v) is 6.76. The molecule has 3 unspecified atom stereocenters. The Balaban J connectivity index is 1.74. The van der Waals surface area contributed by atoms with Gasteiger partial charge in [-0.15, -0.1) is 0 Å². The molecule has 0 amide bonds. The highest BCUT2D eigenvalue weighted by Crippen LogP contribution is 2.38. The summed E-state index contributed by atoms with van der Waals surface area (Å²) < 4.78 is 0. The molecule has 0 heterocycles. The zero-order valence-corrected chi connectivity index (χ0v) is 11.7. The van der Waals surface area contributed by atoms with E-state index >= 15 is 0 Å². The molecular weight excluding hydrogens is 206 g/mol. The Morgan fingerprint density at radius 3 is 2.35 bits per heavy atom. The van der Waals surface area contributed by atoms with E-state index in [2.05, 4.69) is 6.92 Å². The van der Waals surface area contributed by atoms with Crippen LogP contribution in [0.1, 0.15) is 71.1 Å². The highest BCUT2D eigenvalue weighted by molar-refractivity contribution is 4.80. The molecule has 0 aromatic heterocycles. The molecule has 100 valence electrons. The van der Waals surface area contributed by atoms with Crippen LogP contribution in [0.2, 0.25) is 0 Å². The summed E-state index contributed by atoms with van der Waals surface area (Å²) in [7, 11) is 0. The van der Waals surface area contributed by atoms with Gasteiger partial charge in [-0.05, 0) is 49.5 Å². The van der Waals surface area contributed by atoms with Crippen LogP contribution in [-0.2, 0) is 0 Å². The molecule has 2 fully saturated rings. The second kappa shape index (κ2) is 6.78. The number of hydrogen-bond acceptors (Lipinski definition) is 1. The van der Waals surface area contributed by atoms with Crippen molar-refractivity contribution in [2.45, 2.75) is 71.1 Å². The van der Waals surface area contributed by atoms with E-state index in [9.17, 15) is 0 Å². The quantitative estimate of drug-likeness (QED) is 0.772. The third-order valence-corrected chi connectivity index (χ3v) is 5.38. The molecule has 2 aliphatic rings. The lowest BCUT2D eigenvalue weighted by molar-refractivity contribution is 0.168. The molecular formula is C16H31N. The van der Waals surface area contributed by atoms with Gasteiger partial charge in [0.1, 0.15) is 0 Å². The molecule has 0 bridgehead atoms. The number of hydrogen-bond donors (Lipinski definition) is 1. The van der Waals surface area contributed by atoms with E-state index in [1.54, 1.807) is 0 Å². The van der Waals surface area contributed by atoms with Gasteiger partial charge in [0.15, 0.2) is 0 Å². The minimum Gasteiger partial charge on any atom is -0.330 e. The van der Waals surface area contributed by atoms with E-state index in [1.165, 1.54) is 64.2 Å². The van der Waals surface area contributed by atoms with Crippen LogP contribution in [0, 0.1) is 23.7 Å². The lowest BCUT2D eigenvalue weighted by Crippen LogP contribution is -2.30. The van der Waals surface area contributed by atoms with E-state index in [0.29, 0.717) is 0 Å². The topological polar surface area (TPSA) is 26.0 Å². The summed E-state index contributed by atoms with van der Waals surface area (Å²) in [5.74, 6) is 3.80. The lowest BCUT2D eigenvalue weighted by Gasteiger charge is -2.35. The molecule has 0 aliphatic heterocycles. The average Bonchev–Trinajstić information content (AvgIpc) is 2.38. The minimum absolute atomic E-state index is 0.842. The van der Waals surface area contributed by atoms with Gasteiger partial charge in [0.05, 0.1) is 0 Å². The highest BCUT2D eigenvalue weighted by Gasteiger charge is 2.28. The summed E-state index contributed by atoms with van der Waals surface area (Å²) in [5.41, 5.74) is 5.95. The Hall–Kier alpha value is -0.0400. The van der Waals surface area contributed by atoms with Crippen LogP contribution in [0.15, 0.2) is 0 Å². The summed E-state index contributed by atoms with van der Waals surface area (Å²) in [5, 5.41) is 0. The normalized spacial score (nSPS) is 36.0. The minimum atomic E-state index is 0.842. The molecule has 0 aromatic carbocycles. The summed E-state index contributed by atoms with van der Waals surface area (Å²) in [6.45, 7) is 3.36. The van der Waals surface area contributed by atoms with Crippen molar-refractivity contribution < 1.29 is 0 Å². The van der Waals surface area contributed by atoms with Crippen LogP contribution in [0.5, 0.6) is 0 Å². The third kappa shape index (κ3) is 3.98. The van der Waals surface area contributed by atoms with Crippen LogP contribution in [0.3, 0.4) is 0 Å². The van der Waals surface area contributed by atoms with Gasteiger partial charge in [-0.25, -0.2) is 0 Å². The van der Waals surface area contributed by atoms with Crippen molar-refractivity contribution in [3.05, 3.63) is 0 Å². The molecule has 2 rings (SSSR count). The first kappa shape index (κ1) is 13.4. The van der Waals surface area contributed by atoms with Crippen LogP contribution in [0.25, 0.3) is 0 Å². The molecule has 2 N–H and O–H groups in total. The van der Waals surface area contributed by atoms with E-state index < -0.39 is 0 Å². The van der Waals surface area contributed by atoms with E-state index in [-0.39, 0.29) is 0 Å². The molecule has 17 heavy (non-hydrogen) atoms. The second-order valence-electron chi connectivity index (χ2n) is 6.76. The van der Waals surface area contributed by atoms with Crippen molar-refractivity contribution >= 4 is 0 Å². The van der Waals surface area contributed by atoms with Crippen LogP contribution in [-0.4, -0.2) is 6.54 Å². The average molecular weight is 237 g/mol. The van der Waals surface area contributed by atoms with E-state index in [1.807, 2.05) is 0 Å². The predicted octanol–water partition coefficient (Wildman–Crippen LogP) is 4.36. The molecule has 0 aromatic rings. The van der Waals surface area contributed by atoms with Crippen molar-refractivity contribution in [2.24, 2.45) is 29.4 Å². The van der Waals surface area contributed by atoms with E-state index in [4.69, 9.17) is 5.73 Å². The van der Waals surface area contributed by atoms with Crippen LogP contribution >= 0.6 is 0 Å². The van der Waals surface area contributed by atoms with Gasteiger partial charge < -0.3 is 5.73 Å². The summed E-state index contributed by atoms with van der Waals surface area (Å²) in [4.78, 5) is 0. The monoisotopic (exact) mass is 237 g/mol. The fourth-order valence-corrected chi connectivity index (χ4v) is 4.15. The Bertz CT molecular complexity index is 208. The fraction of sp³-hybridized carbons (Fsp3) is 1.00. The van der Waals surface area contributed by atoms with Gasteiger partial charge >= 0.3 is 0 Å². The third-order valence-electron chi connectivity index (χ3n) is 5.38. The van der Waals surface area contributed by atoms with Gasteiger partial charge in [0.2, 0.25) is 0 Å². The van der Waals surface area contributed by atoms with Gasteiger partial charge in [0.25, 0.3) is 0 Å². The van der Waals surface area contributed by atoms with Gasteiger partial charge in [-0.3, -0.25) is 0 Å². The van der Waals surface area contributed by atoms with Gasteiger partial charge in [-0.1, -0.05) is 51.9 Å². The van der Waals surface area contributed by atoms with Crippen LogP contribution in [0.4, 0.5) is 0 Å². The first-order valence-electron chi connectivity index (χ1n) is 7.99. The molecule has 2 aliphatic carbocycles. The smallest absolute Gasteiger partial charge is 0.00462 e. The highest BCUT2D eigenvalue weighted by atomic mass is 14.6. The molecule has 1 heteroatoms. The SMILES string of the molecule is CC1CCC(CN)C(CCC2CCCCC2)C1. The molecule has 0 radical (unpaired) electrons. The zero-order chi connectivity index (χ0) is 12.1. The lowest BCUT2D eigenvalue weighted by atomic mass is 9.71. The standard InChI is InChI=1S/C16H31N/c1-13-7-9-16(12-17)15(11-13)10-8-14-5-3-2-4-6-14/h13-16H,2-12,17H2,1H3. The predicted molar refractivity (Wildman–Crippen MR) is 74.9 cm³/mol. The molecule has 0 saturated heterocycles. The Morgan fingerprint density at radius 2 is 1.65 bits per heavy atom. The molecule has 3 atom stereocenters. The van der Waals surface area contributed by atoms with Crippen molar-refractivity contribution in [3.63, 3.8) is 0 Å². The molecule has 0 spiro atoms. The van der Waals surface area contributed by atoms with Crippen molar-refractivity contribution in [2.75, 3.05) is 6.54 Å². The maximum atomic E-state index is 5.95. The van der Waals surface area contributed by atoms with Crippen LogP contribution < -0.4 is 5.73 Å². The largest absolute Gasteiger partial charge is 0.330 e. The molecule has 1 nitrogen and oxygen atoms in total. The van der Waals surface area contributed by atoms with Crippen molar-refractivity contribution in [3.8, 4) is 0 Å². The first-order chi connectivity index (χ1) is 8.29. The summed E-state index contributed by atoms with van der Waals surface area (Å²) >= 11 is 0. The Labute approximate surface area is 108 Å². The zero-order valence-electron chi connectivity index (χ0n) is 11.7. The number of nitrogens with two attached hydrogens (primary N) is 1. The van der Waals surface area contributed by atoms with Gasteiger partial charge in [-0.2, -0.15) is 0 Å². The summed E-state index contributed by atoms with van der Waals surface area (Å²) in [6, 6.07) is 0. The maximum Gasteiger partial charge on any atom is -0.00462 e. The fourth-order valence-electron chi connectivity index (χ4n) is 4.15. The van der Waals surface area contributed by atoms with E-state index in [0.717, 1.165) is 30.2 Å². The Kier molecular flexibility index (Phi) is 5.34. The number of rotatable bonds is 4. The van der Waals surface area contributed by atoms with Gasteiger partial charge in [0, 0.05) is 0 Å². The Morgan fingerprint density at radius 1 is 0.882 bits per heavy atom. The van der Waals surface area contributed by atoms with Crippen molar-refractivity contribution in [1.29, 1.82) is 0 Å².